The number of ether oxygens (including phenoxy) is 2. The molecular weight excluding hydrogens is 310 g/mol. The minimum absolute atomic E-state index is 0.0805. The minimum atomic E-state index is -0.720. The Balaban J connectivity index is 2.69. The molecule has 1 aromatic rings. The van der Waals surface area contributed by atoms with Gasteiger partial charge in [-0.2, -0.15) is 0 Å². The second-order valence-corrected chi connectivity index (χ2v) is 4.96. The van der Waals surface area contributed by atoms with Gasteiger partial charge in [-0.1, -0.05) is 40.9 Å². The lowest BCUT2D eigenvalue weighted by Gasteiger charge is -2.13. The van der Waals surface area contributed by atoms with Crippen molar-refractivity contribution >= 4 is 40.8 Å². The first kappa shape index (κ1) is 16.3. The molecule has 19 heavy (non-hydrogen) atoms. The number of halogens is 3. The Bertz CT molecular complexity index is 451. The molecule has 0 heterocycles. The lowest BCUT2D eigenvalue weighted by atomic mass is 10.3. The average Bonchev–Trinajstić information content (AvgIpc) is 2.33. The first-order chi connectivity index (χ1) is 8.95. The maximum atomic E-state index is 11.8. The standard InChI is InChI=1S/C13H13Cl3O3/c1-3-4-5-18-8(2)13(17)19-12-10(15)6-9(14)7-11(12)16/h3,6-8H,1,4-5H2,2H3. The molecule has 0 aliphatic heterocycles. The molecule has 0 fully saturated rings. The Morgan fingerprint density at radius 3 is 2.47 bits per heavy atom. The zero-order valence-electron chi connectivity index (χ0n) is 10.3. The van der Waals surface area contributed by atoms with Gasteiger partial charge in [0.15, 0.2) is 11.9 Å². The molecule has 0 bridgehead atoms. The molecule has 1 aromatic carbocycles. The zero-order chi connectivity index (χ0) is 14.4. The third-order valence-corrected chi connectivity index (χ3v) is 2.97. The summed E-state index contributed by atoms with van der Waals surface area (Å²) in [6.07, 6.45) is 1.63. The van der Waals surface area contributed by atoms with Gasteiger partial charge in [0.05, 0.1) is 16.7 Å². The maximum Gasteiger partial charge on any atom is 0.340 e. The van der Waals surface area contributed by atoms with Crippen molar-refractivity contribution in [3.8, 4) is 5.75 Å². The van der Waals surface area contributed by atoms with Gasteiger partial charge in [0.25, 0.3) is 0 Å². The van der Waals surface area contributed by atoms with Crippen LogP contribution in [0.15, 0.2) is 24.8 Å². The maximum absolute atomic E-state index is 11.8. The van der Waals surface area contributed by atoms with Crippen LogP contribution in [0.2, 0.25) is 15.1 Å². The van der Waals surface area contributed by atoms with Crippen LogP contribution in [0.3, 0.4) is 0 Å². The van der Waals surface area contributed by atoms with Gasteiger partial charge in [0.1, 0.15) is 0 Å². The van der Waals surface area contributed by atoms with E-state index >= 15 is 0 Å². The third-order valence-electron chi connectivity index (χ3n) is 2.19. The first-order valence-electron chi connectivity index (χ1n) is 5.54. The number of esters is 1. The molecule has 0 saturated heterocycles. The summed E-state index contributed by atoms with van der Waals surface area (Å²) < 4.78 is 10.4. The summed E-state index contributed by atoms with van der Waals surface area (Å²) in [5, 5.41) is 0.707. The van der Waals surface area contributed by atoms with Gasteiger partial charge in [-0.3, -0.25) is 0 Å². The minimum Gasteiger partial charge on any atom is -0.421 e. The molecule has 0 spiro atoms. The van der Waals surface area contributed by atoms with Gasteiger partial charge >= 0.3 is 5.97 Å². The SMILES string of the molecule is C=CCCOC(C)C(=O)Oc1c(Cl)cc(Cl)cc1Cl. The van der Waals surface area contributed by atoms with Crippen LogP contribution in [0.5, 0.6) is 5.75 Å². The summed E-state index contributed by atoms with van der Waals surface area (Å²) in [7, 11) is 0. The molecule has 0 saturated carbocycles. The van der Waals surface area contributed by atoms with Crippen molar-refractivity contribution in [1.82, 2.24) is 0 Å². The predicted octanol–water partition coefficient (Wildman–Crippen LogP) is 4.53. The number of hydrogen-bond donors (Lipinski definition) is 0. The highest BCUT2D eigenvalue weighted by atomic mass is 35.5. The van der Waals surface area contributed by atoms with Crippen molar-refractivity contribution < 1.29 is 14.3 Å². The number of rotatable bonds is 6. The van der Waals surface area contributed by atoms with E-state index in [4.69, 9.17) is 44.3 Å². The van der Waals surface area contributed by atoms with Crippen LogP contribution < -0.4 is 4.74 Å². The molecule has 104 valence electrons. The van der Waals surface area contributed by atoms with Crippen molar-refractivity contribution in [1.29, 1.82) is 0 Å². The van der Waals surface area contributed by atoms with Crippen molar-refractivity contribution in [2.75, 3.05) is 6.61 Å². The quantitative estimate of drug-likeness (QED) is 0.334. The van der Waals surface area contributed by atoms with E-state index in [2.05, 4.69) is 6.58 Å². The number of hydrogen-bond acceptors (Lipinski definition) is 3. The van der Waals surface area contributed by atoms with Gasteiger partial charge in [-0.25, -0.2) is 4.79 Å². The van der Waals surface area contributed by atoms with Gasteiger partial charge in [-0.15, -0.1) is 6.58 Å². The summed E-state index contributed by atoms with van der Waals surface area (Å²) in [5.41, 5.74) is 0. The smallest absolute Gasteiger partial charge is 0.340 e. The largest absolute Gasteiger partial charge is 0.421 e. The lowest BCUT2D eigenvalue weighted by Crippen LogP contribution is -2.26. The molecular formula is C13H13Cl3O3. The molecule has 6 heteroatoms. The van der Waals surface area contributed by atoms with Gasteiger partial charge in [0.2, 0.25) is 0 Å². The highest BCUT2D eigenvalue weighted by Gasteiger charge is 2.19. The molecule has 1 atom stereocenters. The molecule has 0 aliphatic carbocycles. The van der Waals surface area contributed by atoms with E-state index in [1.807, 2.05) is 0 Å². The van der Waals surface area contributed by atoms with E-state index in [0.717, 1.165) is 0 Å². The monoisotopic (exact) mass is 322 g/mol. The molecule has 0 aliphatic rings. The molecule has 1 unspecified atom stereocenters. The fourth-order valence-corrected chi connectivity index (χ4v) is 2.10. The second kappa shape index (κ2) is 7.75. The van der Waals surface area contributed by atoms with Gasteiger partial charge in [-0.05, 0) is 25.5 Å². The van der Waals surface area contributed by atoms with Crippen LogP contribution in [-0.2, 0) is 9.53 Å². The number of benzene rings is 1. The van der Waals surface area contributed by atoms with E-state index < -0.39 is 12.1 Å². The Morgan fingerprint density at radius 2 is 1.95 bits per heavy atom. The van der Waals surface area contributed by atoms with Crippen LogP contribution in [-0.4, -0.2) is 18.7 Å². The molecule has 3 nitrogen and oxygen atoms in total. The Labute approximate surface area is 127 Å². The summed E-state index contributed by atoms with van der Waals surface area (Å²) in [6, 6.07) is 2.89. The predicted molar refractivity (Wildman–Crippen MR) is 77.3 cm³/mol. The van der Waals surface area contributed by atoms with Crippen molar-refractivity contribution in [3.05, 3.63) is 39.9 Å². The number of carbonyl (C=O) groups is 1. The van der Waals surface area contributed by atoms with Crippen LogP contribution in [0.4, 0.5) is 0 Å². The van der Waals surface area contributed by atoms with E-state index in [1.54, 1.807) is 13.0 Å². The van der Waals surface area contributed by atoms with Crippen LogP contribution >= 0.6 is 34.8 Å². The van der Waals surface area contributed by atoms with E-state index in [-0.39, 0.29) is 15.8 Å². The summed E-state index contributed by atoms with van der Waals surface area (Å²) in [6.45, 7) is 5.54. The first-order valence-corrected chi connectivity index (χ1v) is 6.67. The summed E-state index contributed by atoms with van der Waals surface area (Å²) in [5.74, 6) is -0.493. The van der Waals surface area contributed by atoms with Crippen LogP contribution in [0.1, 0.15) is 13.3 Å². The van der Waals surface area contributed by atoms with E-state index in [1.165, 1.54) is 12.1 Å². The van der Waals surface area contributed by atoms with E-state index in [9.17, 15) is 4.79 Å². The summed E-state index contributed by atoms with van der Waals surface area (Å²) in [4.78, 5) is 11.8. The van der Waals surface area contributed by atoms with Crippen LogP contribution in [0.25, 0.3) is 0 Å². The van der Waals surface area contributed by atoms with Crippen molar-refractivity contribution in [3.63, 3.8) is 0 Å². The second-order valence-electron chi connectivity index (χ2n) is 3.71. The Kier molecular flexibility index (Phi) is 6.66. The molecule has 0 amide bonds. The normalized spacial score (nSPS) is 12.0. The van der Waals surface area contributed by atoms with Gasteiger partial charge < -0.3 is 9.47 Å². The molecule has 0 aromatic heterocycles. The Morgan fingerprint density at radius 1 is 1.37 bits per heavy atom. The summed E-state index contributed by atoms with van der Waals surface area (Å²) >= 11 is 17.6. The van der Waals surface area contributed by atoms with Crippen molar-refractivity contribution in [2.45, 2.75) is 19.4 Å². The molecule has 1 rings (SSSR count). The number of carbonyl (C=O) groups excluding carboxylic acids is 1. The van der Waals surface area contributed by atoms with Crippen LogP contribution in [0, 0.1) is 0 Å². The fraction of sp³-hybridized carbons (Fsp3) is 0.308. The average molecular weight is 324 g/mol. The van der Waals surface area contributed by atoms with E-state index in [0.29, 0.717) is 18.1 Å². The Hall–Kier alpha value is -0.740. The lowest BCUT2D eigenvalue weighted by molar-refractivity contribution is -0.146. The highest BCUT2D eigenvalue weighted by Crippen LogP contribution is 2.36. The topological polar surface area (TPSA) is 35.5 Å². The zero-order valence-corrected chi connectivity index (χ0v) is 12.6. The van der Waals surface area contributed by atoms with Gasteiger partial charge in [0, 0.05) is 5.02 Å². The molecule has 0 N–H and O–H groups in total. The third kappa shape index (κ3) is 5.03. The molecule has 0 radical (unpaired) electrons. The highest BCUT2D eigenvalue weighted by molar-refractivity contribution is 6.40. The van der Waals surface area contributed by atoms with Crippen molar-refractivity contribution in [2.24, 2.45) is 0 Å². The fourth-order valence-electron chi connectivity index (χ4n) is 1.21.